The van der Waals surface area contributed by atoms with Crippen LogP contribution in [0.15, 0.2) is 23.2 Å². The van der Waals surface area contributed by atoms with E-state index in [0.29, 0.717) is 29.2 Å². The zero-order valence-electron chi connectivity index (χ0n) is 12.4. The standard InChI is InChI=1S/C15H18FN3O2S/c1-14(2)13(17)19-12-10-7-9(18-8-20)3-4-11(10)21-6-5-15(12,16)22-14/h3-4,7-8,12H,5-6H2,1-2H3,(H2,17,19)(H,18,20)/t12?,15-/m1/s1. The molecule has 2 aliphatic rings. The molecule has 0 aromatic heterocycles. The Hall–Kier alpha value is -1.76. The lowest BCUT2D eigenvalue weighted by Crippen LogP contribution is -2.46. The molecule has 118 valence electrons. The molecule has 1 unspecified atom stereocenters. The molecule has 0 radical (unpaired) electrons. The molecule has 2 atom stereocenters. The van der Waals surface area contributed by atoms with Gasteiger partial charge in [0.15, 0.2) is 5.00 Å². The van der Waals surface area contributed by atoms with Gasteiger partial charge in [-0.3, -0.25) is 9.79 Å². The number of amidine groups is 1. The summed E-state index contributed by atoms with van der Waals surface area (Å²) in [5.74, 6) is 0.996. The van der Waals surface area contributed by atoms with Gasteiger partial charge in [0.25, 0.3) is 0 Å². The first-order valence-corrected chi connectivity index (χ1v) is 7.87. The lowest BCUT2D eigenvalue weighted by molar-refractivity contribution is -0.105. The Morgan fingerprint density at radius 1 is 1.55 bits per heavy atom. The molecular weight excluding hydrogens is 305 g/mol. The van der Waals surface area contributed by atoms with Crippen LogP contribution >= 0.6 is 11.8 Å². The fraction of sp³-hybridized carbons (Fsp3) is 0.467. The Balaban J connectivity index is 2.13. The third kappa shape index (κ3) is 2.43. The van der Waals surface area contributed by atoms with Crippen LogP contribution in [-0.4, -0.2) is 28.6 Å². The highest BCUT2D eigenvalue weighted by atomic mass is 32.2. The van der Waals surface area contributed by atoms with Crippen molar-refractivity contribution in [2.75, 3.05) is 11.9 Å². The van der Waals surface area contributed by atoms with Crippen molar-refractivity contribution in [3.05, 3.63) is 23.8 Å². The number of amides is 1. The van der Waals surface area contributed by atoms with E-state index in [9.17, 15) is 4.79 Å². The second-order valence-corrected chi connectivity index (χ2v) is 7.83. The van der Waals surface area contributed by atoms with E-state index in [1.54, 1.807) is 18.2 Å². The average Bonchev–Trinajstić information content (AvgIpc) is 2.56. The van der Waals surface area contributed by atoms with Gasteiger partial charge in [-0.25, -0.2) is 4.39 Å². The van der Waals surface area contributed by atoms with Crippen LogP contribution in [0.1, 0.15) is 31.9 Å². The van der Waals surface area contributed by atoms with Gasteiger partial charge in [-0.1, -0.05) is 0 Å². The maximum absolute atomic E-state index is 15.6. The molecule has 3 N–H and O–H groups in total. The van der Waals surface area contributed by atoms with E-state index < -0.39 is 15.8 Å². The number of carbonyl (C=O) groups is 1. The molecule has 2 aliphatic heterocycles. The van der Waals surface area contributed by atoms with Crippen molar-refractivity contribution in [1.82, 2.24) is 0 Å². The molecule has 0 bridgehead atoms. The van der Waals surface area contributed by atoms with Crippen molar-refractivity contribution in [3.8, 4) is 5.75 Å². The van der Waals surface area contributed by atoms with Gasteiger partial charge in [-0.15, -0.1) is 11.8 Å². The number of nitrogens with zero attached hydrogens (tertiary/aromatic N) is 1. The predicted molar refractivity (Wildman–Crippen MR) is 86.1 cm³/mol. The average molecular weight is 323 g/mol. The molecule has 2 heterocycles. The number of thioether (sulfide) groups is 1. The number of anilines is 1. The minimum absolute atomic E-state index is 0.230. The van der Waals surface area contributed by atoms with Crippen LogP contribution in [0, 0.1) is 0 Å². The molecule has 0 saturated carbocycles. The SMILES string of the molecule is CC1(C)S[C@]2(F)CCOc3ccc(NC=O)cc3C2N=C1N. The molecule has 0 fully saturated rings. The molecule has 22 heavy (non-hydrogen) atoms. The van der Waals surface area contributed by atoms with Crippen LogP contribution in [0.3, 0.4) is 0 Å². The quantitative estimate of drug-likeness (QED) is 0.820. The monoisotopic (exact) mass is 323 g/mol. The maximum atomic E-state index is 15.6. The molecule has 0 saturated heterocycles. The molecule has 0 aliphatic carbocycles. The number of ether oxygens (including phenoxy) is 1. The fourth-order valence-corrected chi connectivity index (χ4v) is 4.25. The number of rotatable bonds is 2. The Morgan fingerprint density at radius 3 is 3.05 bits per heavy atom. The first-order valence-electron chi connectivity index (χ1n) is 7.05. The summed E-state index contributed by atoms with van der Waals surface area (Å²) in [4.78, 5) is 15.1. The van der Waals surface area contributed by atoms with Crippen LogP contribution in [0.2, 0.25) is 0 Å². The zero-order valence-corrected chi connectivity index (χ0v) is 13.2. The summed E-state index contributed by atoms with van der Waals surface area (Å²) < 4.78 is 20.7. The molecule has 5 nitrogen and oxygen atoms in total. The number of nitrogens with one attached hydrogen (secondary N) is 1. The summed E-state index contributed by atoms with van der Waals surface area (Å²) in [6.45, 7) is 4.01. The van der Waals surface area contributed by atoms with Gasteiger partial charge in [0.2, 0.25) is 6.41 Å². The van der Waals surface area contributed by atoms with Crippen LogP contribution in [-0.2, 0) is 4.79 Å². The summed E-state index contributed by atoms with van der Waals surface area (Å²) in [5, 5.41) is 0.983. The zero-order chi connectivity index (χ0) is 16.0. The van der Waals surface area contributed by atoms with E-state index in [-0.39, 0.29) is 13.0 Å². The van der Waals surface area contributed by atoms with E-state index in [2.05, 4.69) is 10.3 Å². The first-order chi connectivity index (χ1) is 10.4. The van der Waals surface area contributed by atoms with Crippen molar-refractivity contribution >= 4 is 29.7 Å². The highest BCUT2D eigenvalue weighted by Crippen LogP contribution is 2.55. The van der Waals surface area contributed by atoms with Crippen LogP contribution in [0.5, 0.6) is 5.75 Å². The van der Waals surface area contributed by atoms with E-state index >= 15 is 4.39 Å². The van der Waals surface area contributed by atoms with Crippen LogP contribution < -0.4 is 15.8 Å². The number of nitrogens with two attached hydrogens (primary N) is 1. The number of carbonyl (C=O) groups excluding carboxylic acids is 1. The van der Waals surface area contributed by atoms with Gasteiger partial charge in [-0.05, 0) is 32.0 Å². The minimum atomic E-state index is -1.59. The van der Waals surface area contributed by atoms with Gasteiger partial charge in [0.1, 0.15) is 17.6 Å². The number of benzene rings is 1. The second kappa shape index (κ2) is 5.15. The number of hydrogen-bond donors (Lipinski definition) is 2. The second-order valence-electron chi connectivity index (χ2n) is 5.93. The summed E-state index contributed by atoms with van der Waals surface area (Å²) >= 11 is 1.19. The maximum Gasteiger partial charge on any atom is 0.211 e. The number of aliphatic imine (C=N–C) groups is 1. The van der Waals surface area contributed by atoms with Gasteiger partial charge in [-0.2, -0.15) is 0 Å². The largest absolute Gasteiger partial charge is 0.493 e. The Labute approximate surface area is 132 Å². The summed E-state index contributed by atoms with van der Waals surface area (Å²) in [6, 6.07) is 4.40. The number of fused-ring (bicyclic) bond motifs is 3. The van der Waals surface area contributed by atoms with Crippen LogP contribution in [0.25, 0.3) is 0 Å². The van der Waals surface area contributed by atoms with Crippen LogP contribution in [0.4, 0.5) is 10.1 Å². The minimum Gasteiger partial charge on any atom is -0.493 e. The third-order valence-corrected chi connectivity index (χ3v) is 5.43. The van der Waals surface area contributed by atoms with Crippen molar-refractivity contribution in [2.24, 2.45) is 10.7 Å². The van der Waals surface area contributed by atoms with Gasteiger partial charge in [0, 0.05) is 17.7 Å². The van der Waals surface area contributed by atoms with Crippen molar-refractivity contribution in [2.45, 2.75) is 36.1 Å². The van der Waals surface area contributed by atoms with E-state index in [1.165, 1.54) is 11.8 Å². The van der Waals surface area contributed by atoms with E-state index in [1.807, 2.05) is 13.8 Å². The highest BCUT2D eigenvalue weighted by molar-refractivity contribution is 8.02. The van der Waals surface area contributed by atoms with Gasteiger partial charge < -0.3 is 15.8 Å². The molecule has 1 amide bonds. The Morgan fingerprint density at radius 2 is 2.32 bits per heavy atom. The molecule has 1 aromatic carbocycles. The smallest absolute Gasteiger partial charge is 0.211 e. The third-order valence-electron chi connectivity index (χ3n) is 3.95. The fourth-order valence-electron chi connectivity index (χ4n) is 2.76. The number of halogens is 1. The topological polar surface area (TPSA) is 76.7 Å². The Bertz CT molecular complexity index is 650. The van der Waals surface area contributed by atoms with E-state index in [4.69, 9.17) is 10.5 Å². The first kappa shape index (κ1) is 15.1. The van der Waals surface area contributed by atoms with Gasteiger partial charge >= 0.3 is 0 Å². The predicted octanol–water partition coefficient (Wildman–Crippen LogP) is 2.63. The summed E-state index contributed by atoms with van der Waals surface area (Å²) in [6.07, 6.45) is 0.812. The molecule has 7 heteroatoms. The van der Waals surface area contributed by atoms with Gasteiger partial charge in [0.05, 0.1) is 11.4 Å². The number of hydrogen-bond acceptors (Lipinski definition) is 5. The normalized spacial score (nSPS) is 29.2. The lowest BCUT2D eigenvalue weighted by Gasteiger charge is -2.41. The van der Waals surface area contributed by atoms with Crippen molar-refractivity contribution < 1.29 is 13.9 Å². The molecule has 3 rings (SSSR count). The molecule has 1 aromatic rings. The molecular formula is C15H18FN3O2S. The van der Waals surface area contributed by atoms with E-state index in [0.717, 1.165) is 0 Å². The highest BCUT2D eigenvalue weighted by Gasteiger charge is 2.52. The summed E-state index contributed by atoms with van der Waals surface area (Å²) in [5.41, 5.74) is 7.22. The Kier molecular flexibility index (Phi) is 3.55. The molecule has 0 spiro atoms. The van der Waals surface area contributed by atoms with Crippen molar-refractivity contribution in [3.63, 3.8) is 0 Å². The number of alkyl halides is 1. The summed E-state index contributed by atoms with van der Waals surface area (Å²) in [7, 11) is 0. The lowest BCUT2D eigenvalue weighted by atomic mass is 9.98. The van der Waals surface area contributed by atoms with Crippen molar-refractivity contribution in [1.29, 1.82) is 0 Å².